The maximum Gasteiger partial charge on any atom is 0.240 e. The fourth-order valence-electron chi connectivity index (χ4n) is 1.30. The zero-order chi connectivity index (χ0) is 13.1. The fraction of sp³-hybridized carbons (Fsp3) is 0.0909. The normalized spacial score (nSPS) is 10.2. The van der Waals surface area contributed by atoms with Gasteiger partial charge >= 0.3 is 0 Å². The van der Waals surface area contributed by atoms with Gasteiger partial charge in [-0.25, -0.2) is 15.2 Å². The molecule has 3 N–H and O–H groups in total. The zero-order valence-electron chi connectivity index (χ0n) is 9.45. The van der Waals surface area contributed by atoms with E-state index in [4.69, 9.17) is 10.6 Å². The van der Waals surface area contributed by atoms with Gasteiger partial charge in [0.2, 0.25) is 11.8 Å². The number of aryl methyl sites for hydroxylation is 1. The van der Waals surface area contributed by atoms with Crippen LogP contribution < -0.4 is 16.0 Å². The number of ether oxygens (including phenoxy) is 1. The summed E-state index contributed by atoms with van der Waals surface area (Å²) >= 11 is 3.19. The molecule has 0 aliphatic carbocycles. The summed E-state index contributed by atoms with van der Waals surface area (Å²) in [5, 5.41) is 0. The molecule has 0 bridgehead atoms. The smallest absolute Gasteiger partial charge is 0.240 e. The summed E-state index contributed by atoms with van der Waals surface area (Å²) in [6.45, 7) is 1.78. The number of benzene rings is 1. The number of anilines is 1. The van der Waals surface area contributed by atoms with Crippen molar-refractivity contribution in [1.29, 1.82) is 0 Å². The molecule has 5 nitrogen and oxygen atoms in total. The molecule has 0 aliphatic heterocycles. The van der Waals surface area contributed by atoms with Crippen LogP contribution in [0.4, 0.5) is 10.3 Å². The molecule has 0 spiro atoms. The topological polar surface area (TPSA) is 73.1 Å². The first-order valence-electron chi connectivity index (χ1n) is 5.02. The van der Waals surface area contributed by atoms with E-state index in [-0.39, 0.29) is 5.95 Å². The standard InChI is InChI=1S/C11H10BrFN4O/c1-6-5-15-11(17-14)16-10(6)18-9-3-7(12)2-8(13)4-9/h2-5H,14H2,1H3,(H,15,16,17). The molecule has 0 radical (unpaired) electrons. The van der Waals surface area contributed by atoms with Gasteiger partial charge < -0.3 is 4.74 Å². The predicted molar refractivity (Wildman–Crippen MR) is 68.8 cm³/mol. The zero-order valence-corrected chi connectivity index (χ0v) is 11.0. The number of nitrogens with one attached hydrogen (secondary N) is 1. The molecule has 0 fully saturated rings. The molecule has 0 unspecified atom stereocenters. The lowest BCUT2D eigenvalue weighted by molar-refractivity contribution is 0.453. The Morgan fingerprint density at radius 2 is 2.17 bits per heavy atom. The first kappa shape index (κ1) is 12.7. The maximum absolute atomic E-state index is 13.2. The van der Waals surface area contributed by atoms with E-state index in [1.807, 2.05) is 0 Å². The molecule has 7 heteroatoms. The van der Waals surface area contributed by atoms with Crippen molar-refractivity contribution in [3.8, 4) is 11.6 Å². The summed E-state index contributed by atoms with van der Waals surface area (Å²) in [7, 11) is 0. The monoisotopic (exact) mass is 312 g/mol. The van der Waals surface area contributed by atoms with E-state index in [1.54, 1.807) is 19.2 Å². The second-order valence-electron chi connectivity index (χ2n) is 3.53. The Kier molecular flexibility index (Phi) is 3.73. The Morgan fingerprint density at radius 1 is 1.39 bits per heavy atom. The van der Waals surface area contributed by atoms with Crippen LogP contribution in [0.5, 0.6) is 11.6 Å². The van der Waals surface area contributed by atoms with E-state index in [9.17, 15) is 4.39 Å². The van der Waals surface area contributed by atoms with E-state index < -0.39 is 5.82 Å². The van der Waals surface area contributed by atoms with Crippen molar-refractivity contribution in [2.75, 3.05) is 5.43 Å². The van der Waals surface area contributed by atoms with Crippen molar-refractivity contribution < 1.29 is 9.13 Å². The van der Waals surface area contributed by atoms with Crippen LogP contribution >= 0.6 is 15.9 Å². The molecular formula is C11H10BrFN4O. The van der Waals surface area contributed by atoms with Gasteiger partial charge in [0, 0.05) is 22.3 Å². The van der Waals surface area contributed by atoms with Crippen molar-refractivity contribution >= 4 is 21.9 Å². The minimum atomic E-state index is -0.400. The van der Waals surface area contributed by atoms with E-state index in [0.29, 0.717) is 16.1 Å². The molecule has 0 saturated heterocycles. The number of hydrogen-bond acceptors (Lipinski definition) is 5. The average Bonchev–Trinajstić information content (AvgIpc) is 2.30. The number of aromatic nitrogens is 2. The van der Waals surface area contributed by atoms with Crippen molar-refractivity contribution in [2.45, 2.75) is 6.92 Å². The fourth-order valence-corrected chi connectivity index (χ4v) is 1.74. The third kappa shape index (κ3) is 2.93. The van der Waals surface area contributed by atoms with Crippen molar-refractivity contribution in [1.82, 2.24) is 9.97 Å². The number of nitrogen functional groups attached to an aromatic ring is 1. The van der Waals surface area contributed by atoms with Crippen LogP contribution in [0.1, 0.15) is 5.56 Å². The summed E-state index contributed by atoms with van der Waals surface area (Å²) in [5.41, 5.74) is 3.03. The molecule has 2 rings (SSSR count). The Morgan fingerprint density at radius 3 is 2.83 bits per heavy atom. The summed E-state index contributed by atoms with van der Waals surface area (Å²) < 4.78 is 19.3. The summed E-state index contributed by atoms with van der Waals surface area (Å²) in [4.78, 5) is 7.96. The number of nitrogens with two attached hydrogens (primary N) is 1. The molecule has 0 atom stereocenters. The number of rotatable bonds is 3. The van der Waals surface area contributed by atoms with Gasteiger partial charge in [-0.05, 0) is 19.1 Å². The average molecular weight is 313 g/mol. The van der Waals surface area contributed by atoms with Gasteiger partial charge in [0.25, 0.3) is 0 Å². The minimum Gasteiger partial charge on any atom is -0.438 e. The third-order valence-corrected chi connectivity index (χ3v) is 2.56. The molecular weight excluding hydrogens is 303 g/mol. The third-order valence-electron chi connectivity index (χ3n) is 2.10. The number of nitrogens with zero attached hydrogens (tertiary/aromatic N) is 2. The Labute approximate surface area is 111 Å². The Balaban J connectivity index is 2.33. The van der Waals surface area contributed by atoms with Gasteiger partial charge in [0.05, 0.1) is 0 Å². The molecule has 1 aromatic heterocycles. The Bertz CT molecular complexity index is 559. The molecule has 0 amide bonds. The largest absolute Gasteiger partial charge is 0.438 e. The molecule has 1 aromatic carbocycles. The highest BCUT2D eigenvalue weighted by Crippen LogP contribution is 2.26. The van der Waals surface area contributed by atoms with Gasteiger partial charge in [-0.1, -0.05) is 15.9 Å². The van der Waals surface area contributed by atoms with Crippen LogP contribution in [0.2, 0.25) is 0 Å². The summed E-state index contributed by atoms with van der Waals surface area (Å²) in [6.07, 6.45) is 1.56. The summed E-state index contributed by atoms with van der Waals surface area (Å²) in [5.74, 6) is 5.70. The molecule has 0 aliphatic rings. The van der Waals surface area contributed by atoms with Crippen LogP contribution in [-0.4, -0.2) is 9.97 Å². The predicted octanol–water partition coefficient (Wildman–Crippen LogP) is 2.76. The van der Waals surface area contributed by atoms with Gasteiger partial charge in [-0.2, -0.15) is 4.98 Å². The molecule has 94 valence electrons. The first-order chi connectivity index (χ1) is 8.58. The molecule has 1 heterocycles. The van der Waals surface area contributed by atoms with E-state index >= 15 is 0 Å². The van der Waals surface area contributed by atoms with Crippen molar-refractivity contribution in [3.05, 3.63) is 40.2 Å². The second-order valence-corrected chi connectivity index (χ2v) is 4.45. The quantitative estimate of drug-likeness (QED) is 0.673. The van der Waals surface area contributed by atoms with Gasteiger partial charge in [-0.15, -0.1) is 0 Å². The van der Waals surface area contributed by atoms with Gasteiger partial charge in [0.1, 0.15) is 11.6 Å². The van der Waals surface area contributed by atoms with Crippen molar-refractivity contribution in [2.24, 2.45) is 5.84 Å². The highest BCUT2D eigenvalue weighted by Gasteiger charge is 2.07. The van der Waals surface area contributed by atoms with Crippen molar-refractivity contribution in [3.63, 3.8) is 0 Å². The Hall–Kier alpha value is -1.73. The van der Waals surface area contributed by atoms with Gasteiger partial charge in [-0.3, -0.25) is 5.43 Å². The first-order valence-corrected chi connectivity index (χ1v) is 5.82. The summed E-state index contributed by atoms with van der Waals surface area (Å²) in [6, 6.07) is 4.24. The van der Waals surface area contributed by atoms with Gasteiger partial charge in [0.15, 0.2) is 0 Å². The molecule has 0 saturated carbocycles. The SMILES string of the molecule is Cc1cnc(NN)nc1Oc1cc(F)cc(Br)c1. The highest BCUT2D eigenvalue weighted by molar-refractivity contribution is 9.10. The number of halogens is 2. The van der Waals surface area contributed by atoms with Crippen LogP contribution in [0.15, 0.2) is 28.9 Å². The highest BCUT2D eigenvalue weighted by atomic mass is 79.9. The lowest BCUT2D eigenvalue weighted by Gasteiger charge is -2.09. The lowest BCUT2D eigenvalue weighted by Crippen LogP contribution is -2.11. The lowest BCUT2D eigenvalue weighted by atomic mass is 10.3. The van der Waals surface area contributed by atoms with E-state index in [0.717, 1.165) is 5.56 Å². The minimum absolute atomic E-state index is 0.228. The van der Waals surface area contributed by atoms with Crippen LogP contribution in [0, 0.1) is 12.7 Å². The maximum atomic E-state index is 13.2. The van der Waals surface area contributed by atoms with Crippen LogP contribution in [0.25, 0.3) is 0 Å². The number of hydrogen-bond donors (Lipinski definition) is 2. The molecule has 2 aromatic rings. The molecule has 18 heavy (non-hydrogen) atoms. The van der Waals surface area contributed by atoms with E-state index in [1.165, 1.54) is 12.1 Å². The second kappa shape index (κ2) is 5.28. The van der Waals surface area contributed by atoms with Crippen LogP contribution in [0.3, 0.4) is 0 Å². The van der Waals surface area contributed by atoms with Crippen LogP contribution in [-0.2, 0) is 0 Å². The van der Waals surface area contributed by atoms with E-state index in [2.05, 4.69) is 31.3 Å². The number of hydrazine groups is 1.